The van der Waals surface area contributed by atoms with Crippen LogP contribution in [0.2, 0.25) is 0 Å². The van der Waals surface area contributed by atoms with E-state index in [0.29, 0.717) is 19.3 Å². The van der Waals surface area contributed by atoms with Gasteiger partial charge in [-0.15, -0.1) is 0 Å². The Kier molecular flexibility index (Phi) is 4.39. The Morgan fingerprint density at radius 3 is 2.60 bits per heavy atom. The summed E-state index contributed by atoms with van der Waals surface area (Å²) in [6.45, 7) is 3.56. The zero-order valence-corrected chi connectivity index (χ0v) is 13.5. The summed E-state index contributed by atoms with van der Waals surface area (Å²) in [5.41, 5.74) is 1.12. The molecule has 2 atom stereocenters. The van der Waals surface area contributed by atoms with Crippen LogP contribution < -0.4 is 14.8 Å². The quantitative estimate of drug-likeness (QED) is 0.872. The molecule has 1 N–H and O–H groups in total. The fraction of sp³-hybridized carbons (Fsp3) is 0.625. The minimum atomic E-state index is 0.576. The first kappa shape index (κ1) is 14.1. The van der Waals surface area contributed by atoms with Gasteiger partial charge in [-0.3, -0.25) is 0 Å². The molecule has 0 bridgehead atoms. The van der Waals surface area contributed by atoms with E-state index in [1.54, 1.807) is 0 Å². The third-order valence-corrected chi connectivity index (χ3v) is 5.06. The number of nitrogens with one attached hydrogen (secondary N) is 1. The summed E-state index contributed by atoms with van der Waals surface area (Å²) in [6, 6.07) is 4.66. The summed E-state index contributed by atoms with van der Waals surface area (Å²) in [6.07, 6.45) is 6.56. The molecule has 1 aromatic rings. The van der Waals surface area contributed by atoms with E-state index >= 15 is 0 Å². The number of ether oxygens (including phenoxy) is 2. The molecule has 0 spiro atoms. The van der Waals surface area contributed by atoms with Crippen molar-refractivity contribution in [3.63, 3.8) is 0 Å². The maximum atomic E-state index is 5.68. The van der Waals surface area contributed by atoms with Gasteiger partial charge in [-0.25, -0.2) is 0 Å². The lowest BCUT2D eigenvalue weighted by Crippen LogP contribution is -2.32. The first-order valence-corrected chi connectivity index (χ1v) is 8.43. The van der Waals surface area contributed by atoms with Crippen LogP contribution in [0.5, 0.6) is 11.5 Å². The van der Waals surface area contributed by atoms with Gasteiger partial charge in [0.1, 0.15) is 13.2 Å². The smallest absolute Gasteiger partial charge is 0.163 e. The van der Waals surface area contributed by atoms with Crippen LogP contribution >= 0.6 is 15.9 Å². The van der Waals surface area contributed by atoms with Gasteiger partial charge < -0.3 is 14.8 Å². The second kappa shape index (κ2) is 6.25. The van der Waals surface area contributed by atoms with E-state index in [4.69, 9.17) is 9.47 Å². The molecule has 0 radical (unpaired) electrons. The van der Waals surface area contributed by atoms with Crippen molar-refractivity contribution in [2.45, 2.75) is 45.1 Å². The van der Waals surface area contributed by atoms with Gasteiger partial charge in [0.25, 0.3) is 0 Å². The van der Waals surface area contributed by atoms with Crippen molar-refractivity contribution >= 4 is 21.6 Å². The van der Waals surface area contributed by atoms with Gasteiger partial charge in [0.15, 0.2) is 11.5 Å². The summed E-state index contributed by atoms with van der Waals surface area (Å²) in [5.74, 6) is 2.47. The van der Waals surface area contributed by atoms with Crippen molar-refractivity contribution in [3.05, 3.63) is 16.6 Å². The van der Waals surface area contributed by atoms with Crippen LogP contribution in [0, 0.1) is 5.92 Å². The van der Waals surface area contributed by atoms with E-state index in [0.717, 1.165) is 27.6 Å². The SMILES string of the molecule is CCC1CCCCC1Nc1cc2c(cc1Br)OCCO2. The molecule has 1 aliphatic carbocycles. The molecule has 3 rings (SSSR count). The van der Waals surface area contributed by atoms with Gasteiger partial charge in [0.05, 0.1) is 5.69 Å². The molecule has 20 heavy (non-hydrogen) atoms. The third kappa shape index (κ3) is 2.90. The standard InChI is InChI=1S/C16H22BrNO2/c1-2-11-5-3-4-6-13(11)18-14-10-16-15(9-12(14)17)19-7-8-20-16/h9-11,13,18H,2-8H2,1H3. The molecule has 1 saturated carbocycles. The summed E-state index contributed by atoms with van der Waals surface area (Å²) >= 11 is 3.65. The maximum absolute atomic E-state index is 5.68. The molecule has 2 unspecified atom stereocenters. The van der Waals surface area contributed by atoms with Gasteiger partial charge >= 0.3 is 0 Å². The van der Waals surface area contributed by atoms with E-state index in [1.807, 2.05) is 6.07 Å². The molecule has 0 aromatic heterocycles. The number of rotatable bonds is 3. The van der Waals surface area contributed by atoms with Gasteiger partial charge in [-0.2, -0.15) is 0 Å². The van der Waals surface area contributed by atoms with Gasteiger partial charge in [-0.05, 0) is 34.7 Å². The highest BCUT2D eigenvalue weighted by Gasteiger charge is 2.25. The molecule has 1 aliphatic heterocycles. The minimum Gasteiger partial charge on any atom is -0.486 e. The van der Waals surface area contributed by atoms with E-state index < -0.39 is 0 Å². The number of anilines is 1. The summed E-state index contributed by atoms with van der Waals surface area (Å²) in [4.78, 5) is 0. The van der Waals surface area contributed by atoms with Crippen molar-refractivity contribution in [2.75, 3.05) is 18.5 Å². The molecule has 0 amide bonds. The summed E-state index contributed by atoms with van der Waals surface area (Å²) < 4.78 is 12.3. The van der Waals surface area contributed by atoms with Crippen molar-refractivity contribution in [3.8, 4) is 11.5 Å². The minimum absolute atomic E-state index is 0.576. The van der Waals surface area contributed by atoms with Crippen molar-refractivity contribution in [1.82, 2.24) is 0 Å². The molecule has 4 heteroatoms. The highest BCUT2D eigenvalue weighted by Crippen LogP contribution is 2.39. The number of hydrogen-bond donors (Lipinski definition) is 1. The molecule has 1 fully saturated rings. The highest BCUT2D eigenvalue weighted by molar-refractivity contribution is 9.10. The van der Waals surface area contributed by atoms with Gasteiger partial charge in [0.2, 0.25) is 0 Å². The zero-order valence-electron chi connectivity index (χ0n) is 12.0. The molecular formula is C16H22BrNO2. The lowest BCUT2D eigenvalue weighted by molar-refractivity contribution is 0.171. The largest absolute Gasteiger partial charge is 0.486 e. The number of hydrogen-bond acceptors (Lipinski definition) is 3. The predicted octanol–water partition coefficient (Wildman–Crippen LogP) is 4.60. The Bertz CT molecular complexity index is 478. The fourth-order valence-corrected chi connectivity index (χ4v) is 3.70. The highest BCUT2D eigenvalue weighted by atomic mass is 79.9. The van der Waals surface area contributed by atoms with Crippen LogP contribution in [0.1, 0.15) is 39.0 Å². The second-order valence-electron chi connectivity index (χ2n) is 5.68. The van der Waals surface area contributed by atoms with Crippen LogP contribution in [-0.2, 0) is 0 Å². The van der Waals surface area contributed by atoms with Crippen molar-refractivity contribution in [1.29, 1.82) is 0 Å². The summed E-state index contributed by atoms with van der Waals surface area (Å²) in [7, 11) is 0. The molecule has 110 valence electrons. The molecule has 3 nitrogen and oxygen atoms in total. The van der Waals surface area contributed by atoms with E-state index in [1.165, 1.54) is 32.1 Å². The normalized spacial score (nSPS) is 25.3. The number of fused-ring (bicyclic) bond motifs is 1. The van der Waals surface area contributed by atoms with Crippen molar-refractivity contribution in [2.24, 2.45) is 5.92 Å². The average molecular weight is 340 g/mol. The maximum Gasteiger partial charge on any atom is 0.163 e. The first-order valence-electron chi connectivity index (χ1n) is 7.63. The van der Waals surface area contributed by atoms with Crippen LogP contribution in [0.4, 0.5) is 5.69 Å². The number of halogens is 1. The Hall–Kier alpha value is -0.900. The summed E-state index contributed by atoms with van der Waals surface area (Å²) in [5, 5.41) is 3.72. The molecule has 1 heterocycles. The van der Waals surface area contributed by atoms with Crippen LogP contribution in [-0.4, -0.2) is 19.3 Å². The van der Waals surface area contributed by atoms with Crippen LogP contribution in [0.15, 0.2) is 16.6 Å². The molecule has 2 aliphatic rings. The lowest BCUT2D eigenvalue weighted by atomic mass is 9.83. The topological polar surface area (TPSA) is 30.5 Å². The Morgan fingerprint density at radius 1 is 1.15 bits per heavy atom. The van der Waals surface area contributed by atoms with E-state index in [2.05, 4.69) is 34.2 Å². The predicted molar refractivity (Wildman–Crippen MR) is 84.8 cm³/mol. The monoisotopic (exact) mass is 339 g/mol. The Balaban J connectivity index is 1.79. The van der Waals surface area contributed by atoms with Crippen molar-refractivity contribution < 1.29 is 9.47 Å². The van der Waals surface area contributed by atoms with E-state index in [-0.39, 0.29) is 0 Å². The molecule has 1 aromatic carbocycles. The second-order valence-corrected chi connectivity index (χ2v) is 6.53. The third-order valence-electron chi connectivity index (χ3n) is 4.41. The Morgan fingerprint density at radius 2 is 1.85 bits per heavy atom. The lowest BCUT2D eigenvalue weighted by Gasteiger charge is -2.33. The van der Waals surface area contributed by atoms with Crippen LogP contribution in [0.3, 0.4) is 0 Å². The zero-order chi connectivity index (χ0) is 13.9. The first-order chi connectivity index (χ1) is 9.78. The van der Waals surface area contributed by atoms with Crippen LogP contribution in [0.25, 0.3) is 0 Å². The molecule has 0 saturated heterocycles. The van der Waals surface area contributed by atoms with Gasteiger partial charge in [0, 0.05) is 22.6 Å². The van der Waals surface area contributed by atoms with Gasteiger partial charge in [-0.1, -0.05) is 26.2 Å². The molecular weight excluding hydrogens is 318 g/mol. The average Bonchev–Trinajstić information content (AvgIpc) is 2.48. The number of benzene rings is 1. The van der Waals surface area contributed by atoms with E-state index in [9.17, 15) is 0 Å². The Labute approximate surface area is 129 Å². The fourth-order valence-electron chi connectivity index (χ4n) is 3.26.